The van der Waals surface area contributed by atoms with Crippen molar-refractivity contribution in [3.8, 4) is 0 Å². The molecule has 0 spiro atoms. The molecule has 18 heavy (non-hydrogen) atoms. The monoisotopic (exact) mass is 259 g/mol. The van der Waals surface area contributed by atoms with Crippen molar-refractivity contribution in [2.24, 2.45) is 5.73 Å². The van der Waals surface area contributed by atoms with E-state index in [9.17, 15) is 4.79 Å². The first-order valence-electron chi connectivity index (χ1n) is 7.60. The van der Waals surface area contributed by atoms with E-state index in [1.807, 2.05) is 0 Å². The molecule has 0 aromatic carbocycles. The van der Waals surface area contributed by atoms with Crippen LogP contribution in [0.4, 0.5) is 0 Å². The molecule has 0 fully saturated rings. The van der Waals surface area contributed by atoms with Crippen molar-refractivity contribution in [2.75, 3.05) is 6.54 Å². The van der Waals surface area contributed by atoms with Gasteiger partial charge in [0.15, 0.2) is 0 Å². The molecule has 0 aliphatic heterocycles. The maximum Gasteiger partial charge on any atom is 0.303 e. The average Bonchev–Trinajstić information content (AvgIpc) is 2.36. The van der Waals surface area contributed by atoms with Crippen molar-refractivity contribution in [1.29, 1.82) is 0 Å². The van der Waals surface area contributed by atoms with E-state index < -0.39 is 5.97 Å². The summed E-state index contributed by atoms with van der Waals surface area (Å²) in [5.41, 5.74) is 5.21. The number of hydrogen-bond acceptors (Lipinski definition) is 2. The zero-order valence-corrected chi connectivity index (χ0v) is 12.4. The Morgan fingerprint density at radius 3 is 1.67 bits per heavy atom. The van der Waals surface area contributed by atoms with E-state index in [2.05, 4.69) is 13.8 Å². The summed E-state index contributed by atoms with van der Waals surface area (Å²) in [7, 11) is 0. The Labute approximate surface area is 113 Å². The van der Waals surface area contributed by atoms with Crippen LogP contribution in [0.2, 0.25) is 0 Å². The molecule has 0 rings (SSSR count). The van der Waals surface area contributed by atoms with Crippen LogP contribution in [0, 0.1) is 0 Å². The van der Waals surface area contributed by atoms with E-state index >= 15 is 0 Å². The largest absolute Gasteiger partial charge is 0.481 e. The summed E-state index contributed by atoms with van der Waals surface area (Å²) in [6, 6.07) is 0. The highest BCUT2D eigenvalue weighted by molar-refractivity contribution is 5.66. The molecule has 0 radical (unpaired) electrons. The molecule has 0 unspecified atom stereocenters. The van der Waals surface area contributed by atoms with Gasteiger partial charge in [-0.3, -0.25) is 4.79 Å². The van der Waals surface area contributed by atoms with Crippen molar-refractivity contribution in [2.45, 2.75) is 84.5 Å². The molecule has 0 saturated carbocycles. The maximum absolute atomic E-state index is 10.1. The van der Waals surface area contributed by atoms with Gasteiger partial charge >= 0.3 is 5.97 Å². The smallest absolute Gasteiger partial charge is 0.303 e. The topological polar surface area (TPSA) is 63.3 Å². The van der Waals surface area contributed by atoms with E-state index in [1.165, 1.54) is 51.4 Å². The van der Waals surface area contributed by atoms with E-state index in [0.29, 0.717) is 6.42 Å². The second kappa shape index (κ2) is 18.8. The summed E-state index contributed by atoms with van der Waals surface area (Å²) >= 11 is 0. The minimum Gasteiger partial charge on any atom is -0.481 e. The highest BCUT2D eigenvalue weighted by Crippen LogP contribution is 2.07. The number of carboxylic acid groups (broad SMARTS) is 1. The summed E-state index contributed by atoms with van der Waals surface area (Å²) in [5.74, 6) is -0.663. The number of aliphatic carboxylic acids is 1. The van der Waals surface area contributed by atoms with Gasteiger partial charge in [0.2, 0.25) is 0 Å². The average molecular weight is 259 g/mol. The molecule has 0 bridgehead atoms. The molecule has 3 N–H and O–H groups in total. The third kappa shape index (κ3) is 24.6. The van der Waals surface area contributed by atoms with Gasteiger partial charge in [0.25, 0.3) is 0 Å². The lowest BCUT2D eigenvalue weighted by Gasteiger charge is -1.98. The van der Waals surface area contributed by atoms with Crippen LogP contribution < -0.4 is 5.73 Å². The van der Waals surface area contributed by atoms with Crippen LogP contribution in [-0.4, -0.2) is 17.6 Å². The number of unbranched alkanes of at least 4 members (excludes halogenated alkanes) is 8. The van der Waals surface area contributed by atoms with Crippen LogP contribution >= 0.6 is 0 Å². The number of carboxylic acids is 1. The Bertz CT molecular complexity index is 157. The lowest BCUT2D eigenvalue weighted by atomic mass is 10.1. The zero-order chi connectivity index (χ0) is 14.1. The molecule has 0 aromatic heterocycles. The van der Waals surface area contributed by atoms with Crippen molar-refractivity contribution >= 4 is 5.97 Å². The predicted molar refractivity (Wildman–Crippen MR) is 78.8 cm³/mol. The fourth-order valence-electron chi connectivity index (χ4n) is 1.63. The fourth-order valence-corrected chi connectivity index (χ4v) is 1.63. The predicted octanol–water partition coefficient (Wildman–Crippen LogP) is 4.35. The van der Waals surface area contributed by atoms with E-state index in [4.69, 9.17) is 10.8 Å². The first kappa shape index (κ1) is 19.8. The second-order valence-electron chi connectivity index (χ2n) is 4.76. The molecule has 0 aromatic rings. The molecule has 0 aliphatic carbocycles. The van der Waals surface area contributed by atoms with Gasteiger partial charge in [-0.1, -0.05) is 65.2 Å². The molecule has 0 amide bonds. The van der Waals surface area contributed by atoms with Gasteiger partial charge in [0.05, 0.1) is 0 Å². The van der Waals surface area contributed by atoms with E-state index in [-0.39, 0.29) is 0 Å². The highest BCUT2D eigenvalue weighted by atomic mass is 16.4. The first-order chi connectivity index (χ1) is 8.68. The quantitative estimate of drug-likeness (QED) is 0.542. The SMILES string of the molecule is CCCCCCCCCC(=O)O.CCCCCN. The molecule has 0 saturated heterocycles. The molecular weight excluding hydrogens is 226 g/mol. The number of rotatable bonds is 11. The number of nitrogens with two attached hydrogens (primary N) is 1. The van der Waals surface area contributed by atoms with Crippen LogP contribution in [0.1, 0.15) is 84.5 Å². The zero-order valence-electron chi connectivity index (χ0n) is 12.4. The normalized spacial score (nSPS) is 9.72. The van der Waals surface area contributed by atoms with E-state index in [1.54, 1.807) is 0 Å². The molecule has 3 heteroatoms. The molecule has 110 valence electrons. The van der Waals surface area contributed by atoms with Crippen LogP contribution in [-0.2, 0) is 4.79 Å². The molecule has 0 aliphatic rings. The third-order valence-corrected chi connectivity index (χ3v) is 2.80. The Kier molecular flexibility index (Phi) is 20.6. The van der Waals surface area contributed by atoms with Gasteiger partial charge in [0.1, 0.15) is 0 Å². The van der Waals surface area contributed by atoms with E-state index in [0.717, 1.165) is 19.4 Å². The van der Waals surface area contributed by atoms with Gasteiger partial charge < -0.3 is 10.8 Å². The Balaban J connectivity index is 0. The third-order valence-electron chi connectivity index (χ3n) is 2.80. The minimum atomic E-state index is -0.663. The fraction of sp³-hybridized carbons (Fsp3) is 0.933. The maximum atomic E-state index is 10.1. The number of carbonyl (C=O) groups is 1. The Morgan fingerprint density at radius 1 is 0.833 bits per heavy atom. The molecule has 3 nitrogen and oxygen atoms in total. The summed E-state index contributed by atoms with van der Waals surface area (Å²) in [6.45, 7) is 5.23. The lowest BCUT2D eigenvalue weighted by Crippen LogP contribution is -1.96. The van der Waals surface area contributed by atoms with Crippen LogP contribution in [0.3, 0.4) is 0 Å². The standard InChI is InChI=1S/C10H20O2.C5H13N/c1-2-3-4-5-6-7-8-9-10(11)12;1-2-3-4-5-6/h2-9H2,1H3,(H,11,12);2-6H2,1H3. The number of hydrogen-bond donors (Lipinski definition) is 2. The second-order valence-corrected chi connectivity index (χ2v) is 4.76. The van der Waals surface area contributed by atoms with Gasteiger partial charge in [-0.2, -0.15) is 0 Å². The Hall–Kier alpha value is -0.570. The van der Waals surface area contributed by atoms with Gasteiger partial charge in [-0.15, -0.1) is 0 Å². The summed E-state index contributed by atoms with van der Waals surface area (Å²) in [5, 5.41) is 8.35. The Morgan fingerprint density at radius 2 is 1.28 bits per heavy atom. The highest BCUT2D eigenvalue weighted by Gasteiger charge is 1.95. The molecule has 0 atom stereocenters. The summed E-state index contributed by atoms with van der Waals surface area (Å²) < 4.78 is 0. The van der Waals surface area contributed by atoms with Crippen molar-refractivity contribution < 1.29 is 9.90 Å². The van der Waals surface area contributed by atoms with Gasteiger partial charge in [0, 0.05) is 6.42 Å². The van der Waals surface area contributed by atoms with Crippen LogP contribution in [0.5, 0.6) is 0 Å². The minimum absolute atomic E-state index is 0.341. The first-order valence-corrected chi connectivity index (χ1v) is 7.60. The van der Waals surface area contributed by atoms with Crippen molar-refractivity contribution in [1.82, 2.24) is 0 Å². The van der Waals surface area contributed by atoms with Crippen molar-refractivity contribution in [3.63, 3.8) is 0 Å². The van der Waals surface area contributed by atoms with Crippen LogP contribution in [0.25, 0.3) is 0 Å². The molecule has 0 heterocycles. The summed E-state index contributed by atoms with van der Waals surface area (Å²) in [4.78, 5) is 10.1. The summed E-state index contributed by atoms with van der Waals surface area (Å²) in [6.07, 6.45) is 12.4. The van der Waals surface area contributed by atoms with Crippen LogP contribution in [0.15, 0.2) is 0 Å². The van der Waals surface area contributed by atoms with Gasteiger partial charge in [-0.25, -0.2) is 0 Å². The van der Waals surface area contributed by atoms with Gasteiger partial charge in [-0.05, 0) is 19.4 Å². The molecular formula is C15H33NO2. The van der Waals surface area contributed by atoms with Crippen molar-refractivity contribution in [3.05, 3.63) is 0 Å². The lowest BCUT2D eigenvalue weighted by molar-refractivity contribution is -0.137.